The Morgan fingerprint density at radius 2 is 1.81 bits per heavy atom. The third-order valence-corrected chi connectivity index (χ3v) is 4.48. The van der Waals surface area contributed by atoms with Gasteiger partial charge < -0.3 is 15.4 Å². The number of anilines is 1. The SMILES string of the molecule is COc1ccc(-c2nn(CCNC(=O)Nc3ccccc3C(F)(F)F)c(=O)n2C)cc1. The van der Waals surface area contributed by atoms with E-state index in [-0.39, 0.29) is 18.8 Å². The molecule has 3 rings (SSSR count). The van der Waals surface area contributed by atoms with Crippen LogP contribution in [0.25, 0.3) is 11.4 Å². The number of methoxy groups -OCH3 is 1. The van der Waals surface area contributed by atoms with Gasteiger partial charge in [-0.2, -0.15) is 13.2 Å². The van der Waals surface area contributed by atoms with Crippen molar-refractivity contribution in [3.63, 3.8) is 0 Å². The summed E-state index contributed by atoms with van der Waals surface area (Å²) in [5.41, 5.74) is -0.997. The standard InChI is InChI=1S/C20H20F3N5O3/c1-27-17(13-7-9-14(31-2)10-8-13)26-28(19(27)30)12-11-24-18(29)25-16-6-4-3-5-15(16)20(21,22)23/h3-10H,11-12H2,1-2H3,(H2,24,25,29). The quantitative estimate of drug-likeness (QED) is 0.623. The lowest BCUT2D eigenvalue weighted by atomic mass is 10.1. The molecular formula is C20H20F3N5O3. The van der Waals surface area contributed by atoms with E-state index in [0.29, 0.717) is 17.1 Å². The maximum Gasteiger partial charge on any atom is 0.418 e. The molecule has 1 aromatic heterocycles. The molecule has 0 radical (unpaired) electrons. The summed E-state index contributed by atoms with van der Waals surface area (Å²) in [5, 5.41) is 8.87. The number of halogens is 3. The predicted octanol–water partition coefficient (Wildman–Crippen LogP) is 3.10. The molecule has 164 valence electrons. The first kappa shape index (κ1) is 21.9. The normalized spacial score (nSPS) is 11.3. The zero-order chi connectivity index (χ0) is 22.6. The van der Waals surface area contributed by atoms with E-state index in [9.17, 15) is 22.8 Å². The van der Waals surface area contributed by atoms with Crippen LogP contribution >= 0.6 is 0 Å². The Morgan fingerprint density at radius 1 is 1.13 bits per heavy atom. The van der Waals surface area contributed by atoms with Crippen molar-refractivity contribution in [2.24, 2.45) is 7.05 Å². The first-order valence-corrected chi connectivity index (χ1v) is 9.20. The van der Waals surface area contributed by atoms with E-state index in [4.69, 9.17) is 4.74 Å². The monoisotopic (exact) mass is 435 g/mol. The van der Waals surface area contributed by atoms with Crippen LogP contribution in [-0.2, 0) is 19.8 Å². The zero-order valence-corrected chi connectivity index (χ0v) is 16.7. The lowest BCUT2D eigenvalue weighted by molar-refractivity contribution is -0.136. The lowest BCUT2D eigenvalue weighted by Gasteiger charge is -2.13. The molecule has 2 N–H and O–H groups in total. The number of carbonyl (C=O) groups is 1. The van der Waals surface area contributed by atoms with Crippen LogP contribution in [0, 0.1) is 0 Å². The van der Waals surface area contributed by atoms with E-state index in [2.05, 4.69) is 15.7 Å². The minimum atomic E-state index is -4.59. The molecule has 0 unspecified atom stereocenters. The summed E-state index contributed by atoms with van der Waals surface area (Å²) >= 11 is 0. The van der Waals surface area contributed by atoms with Crippen LogP contribution in [0.1, 0.15) is 5.56 Å². The molecule has 3 aromatic rings. The maximum atomic E-state index is 13.0. The molecule has 0 aliphatic rings. The third kappa shape index (κ3) is 5.05. The van der Waals surface area contributed by atoms with Gasteiger partial charge in [-0.05, 0) is 36.4 Å². The summed E-state index contributed by atoms with van der Waals surface area (Å²) in [6.45, 7) is 0.0240. The third-order valence-electron chi connectivity index (χ3n) is 4.48. The zero-order valence-electron chi connectivity index (χ0n) is 16.7. The molecule has 0 fully saturated rings. The molecule has 0 aliphatic heterocycles. The number of nitrogens with zero attached hydrogens (tertiary/aromatic N) is 3. The fraction of sp³-hybridized carbons (Fsp3) is 0.250. The Kier molecular flexibility index (Phi) is 6.33. The van der Waals surface area contributed by atoms with Gasteiger partial charge in [0.2, 0.25) is 0 Å². The van der Waals surface area contributed by atoms with Crippen molar-refractivity contribution in [2.75, 3.05) is 19.0 Å². The number of aromatic nitrogens is 3. The maximum absolute atomic E-state index is 13.0. The summed E-state index contributed by atoms with van der Waals surface area (Å²) in [5.74, 6) is 1.09. The Hall–Kier alpha value is -3.76. The summed E-state index contributed by atoms with van der Waals surface area (Å²) in [7, 11) is 3.12. The number of amides is 2. The van der Waals surface area contributed by atoms with E-state index >= 15 is 0 Å². The van der Waals surface area contributed by atoms with Gasteiger partial charge in [-0.1, -0.05) is 12.1 Å². The average Bonchev–Trinajstić information content (AvgIpc) is 3.02. The highest BCUT2D eigenvalue weighted by atomic mass is 19.4. The lowest BCUT2D eigenvalue weighted by Crippen LogP contribution is -2.34. The molecule has 0 atom stereocenters. The fourth-order valence-electron chi connectivity index (χ4n) is 2.91. The van der Waals surface area contributed by atoms with Gasteiger partial charge in [0.1, 0.15) is 5.75 Å². The number of ether oxygens (including phenoxy) is 1. The summed E-state index contributed by atoms with van der Waals surface area (Å²) < 4.78 is 46.7. The van der Waals surface area contributed by atoms with Crippen molar-refractivity contribution in [1.82, 2.24) is 19.7 Å². The second-order valence-corrected chi connectivity index (χ2v) is 6.54. The van der Waals surface area contributed by atoms with Gasteiger partial charge in [0.15, 0.2) is 5.82 Å². The van der Waals surface area contributed by atoms with Gasteiger partial charge in [0.25, 0.3) is 0 Å². The fourth-order valence-corrected chi connectivity index (χ4v) is 2.91. The van der Waals surface area contributed by atoms with Crippen molar-refractivity contribution >= 4 is 11.7 Å². The first-order chi connectivity index (χ1) is 14.7. The number of benzene rings is 2. The highest BCUT2D eigenvalue weighted by Gasteiger charge is 2.33. The minimum absolute atomic E-state index is 0.0149. The van der Waals surface area contributed by atoms with Gasteiger partial charge in [-0.3, -0.25) is 4.57 Å². The van der Waals surface area contributed by atoms with Crippen LogP contribution in [0.4, 0.5) is 23.7 Å². The van der Waals surface area contributed by atoms with E-state index in [0.717, 1.165) is 12.1 Å². The highest BCUT2D eigenvalue weighted by Crippen LogP contribution is 2.34. The van der Waals surface area contributed by atoms with Gasteiger partial charge >= 0.3 is 17.9 Å². The Balaban J connectivity index is 1.64. The van der Waals surface area contributed by atoms with Crippen molar-refractivity contribution in [1.29, 1.82) is 0 Å². The van der Waals surface area contributed by atoms with Gasteiger partial charge in [-0.25, -0.2) is 14.3 Å². The molecule has 1 heterocycles. The second kappa shape index (κ2) is 8.94. The van der Waals surface area contributed by atoms with Crippen LogP contribution in [0.15, 0.2) is 53.3 Å². The molecule has 0 aliphatic carbocycles. The van der Waals surface area contributed by atoms with E-state index in [1.165, 1.54) is 21.4 Å². The smallest absolute Gasteiger partial charge is 0.418 e. The Morgan fingerprint density at radius 3 is 2.45 bits per heavy atom. The molecule has 0 saturated carbocycles. The average molecular weight is 435 g/mol. The van der Waals surface area contributed by atoms with Gasteiger partial charge in [0, 0.05) is 19.2 Å². The van der Waals surface area contributed by atoms with Crippen LogP contribution in [-0.4, -0.2) is 34.0 Å². The molecule has 31 heavy (non-hydrogen) atoms. The number of rotatable bonds is 6. The second-order valence-electron chi connectivity index (χ2n) is 6.54. The molecule has 11 heteroatoms. The number of para-hydroxylation sites is 1. The molecule has 2 amide bonds. The number of carbonyl (C=O) groups excluding carboxylic acids is 1. The number of urea groups is 1. The highest BCUT2D eigenvalue weighted by molar-refractivity contribution is 5.90. The van der Waals surface area contributed by atoms with Gasteiger partial charge in [0.05, 0.1) is 24.9 Å². The molecule has 8 nitrogen and oxygen atoms in total. The number of hydrogen-bond donors (Lipinski definition) is 2. The van der Waals surface area contributed by atoms with Gasteiger partial charge in [-0.15, -0.1) is 5.10 Å². The number of alkyl halides is 3. The van der Waals surface area contributed by atoms with Crippen molar-refractivity contribution in [2.45, 2.75) is 12.7 Å². The van der Waals surface area contributed by atoms with E-state index in [1.54, 1.807) is 38.4 Å². The largest absolute Gasteiger partial charge is 0.497 e. The molecule has 0 bridgehead atoms. The summed E-state index contributed by atoms with van der Waals surface area (Å²) in [6.07, 6.45) is -4.59. The minimum Gasteiger partial charge on any atom is -0.497 e. The van der Waals surface area contributed by atoms with Crippen molar-refractivity contribution in [3.8, 4) is 17.1 Å². The molecule has 0 spiro atoms. The Labute approximate surface area is 175 Å². The van der Waals surface area contributed by atoms with Crippen LogP contribution in [0.2, 0.25) is 0 Å². The topological polar surface area (TPSA) is 90.2 Å². The van der Waals surface area contributed by atoms with Crippen LogP contribution in [0.5, 0.6) is 5.75 Å². The summed E-state index contributed by atoms with van der Waals surface area (Å²) in [6, 6.07) is 10.8. The van der Waals surface area contributed by atoms with E-state index < -0.39 is 23.5 Å². The number of nitrogens with one attached hydrogen (secondary N) is 2. The van der Waals surface area contributed by atoms with E-state index in [1.807, 2.05) is 0 Å². The van der Waals surface area contributed by atoms with Crippen molar-refractivity contribution < 1.29 is 22.7 Å². The molecule has 0 saturated heterocycles. The predicted molar refractivity (Wildman–Crippen MR) is 108 cm³/mol. The van der Waals surface area contributed by atoms with Crippen LogP contribution < -0.4 is 21.1 Å². The summed E-state index contributed by atoms with van der Waals surface area (Å²) in [4.78, 5) is 24.4. The first-order valence-electron chi connectivity index (χ1n) is 9.20. The van der Waals surface area contributed by atoms with Crippen molar-refractivity contribution in [3.05, 3.63) is 64.6 Å². The molecule has 2 aromatic carbocycles. The van der Waals surface area contributed by atoms with Crippen LogP contribution in [0.3, 0.4) is 0 Å². The number of hydrogen-bond acceptors (Lipinski definition) is 4. The Bertz CT molecular complexity index is 1120. The molecular weight excluding hydrogens is 415 g/mol.